The van der Waals surface area contributed by atoms with E-state index in [0.29, 0.717) is 37.6 Å². The summed E-state index contributed by atoms with van der Waals surface area (Å²) in [6.07, 6.45) is 0. The molecule has 2 N–H and O–H groups in total. The smallest absolute Gasteiger partial charge is 0.338 e. The molecular formula is C29H32ClN3O4S. The number of ether oxygens (including phenoxy) is 1. The van der Waals surface area contributed by atoms with Crippen molar-refractivity contribution in [2.75, 3.05) is 5.32 Å². The minimum Gasteiger partial charge on any atom is -0.456 e. The van der Waals surface area contributed by atoms with Crippen LogP contribution < -0.4 is 10.6 Å². The zero-order chi connectivity index (χ0) is 27.6. The van der Waals surface area contributed by atoms with Crippen molar-refractivity contribution in [1.82, 2.24) is 10.2 Å². The van der Waals surface area contributed by atoms with Crippen LogP contribution in [0.2, 0.25) is 4.34 Å². The lowest BCUT2D eigenvalue weighted by atomic mass is 10.0. The van der Waals surface area contributed by atoms with Crippen LogP contribution in [0, 0.1) is 0 Å². The maximum absolute atomic E-state index is 13.3. The number of rotatable bonds is 7. The number of anilines is 1. The van der Waals surface area contributed by atoms with E-state index in [1.54, 1.807) is 51.1 Å². The summed E-state index contributed by atoms with van der Waals surface area (Å²) < 4.78 is 6.03. The Morgan fingerprint density at radius 1 is 0.974 bits per heavy atom. The monoisotopic (exact) mass is 553 g/mol. The van der Waals surface area contributed by atoms with Crippen molar-refractivity contribution in [2.45, 2.75) is 65.9 Å². The second kappa shape index (κ2) is 11.3. The molecule has 0 unspecified atom stereocenters. The van der Waals surface area contributed by atoms with E-state index in [-0.39, 0.29) is 18.4 Å². The van der Waals surface area contributed by atoms with Crippen LogP contribution in [-0.4, -0.2) is 34.3 Å². The molecule has 38 heavy (non-hydrogen) atoms. The number of benzene rings is 2. The molecule has 0 radical (unpaired) electrons. The van der Waals surface area contributed by atoms with Crippen LogP contribution in [-0.2, 0) is 24.4 Å². The van der Waals surface area contributed by atoms with Crippen LogP contribution in [0.15, 0.2) is 48.5 Å². The largest absolute Gasteiger partial charge is 0.456 e. The minimum absolute atomic E-state index is 0.145. The van der Waals surface area contributed by atoms with Gasteiger partial charge in [-0.3, -0.25) is 14.5 Å². The normalized spacial score (nSPS) is 13.3. The quantitative estimate of drug-likeness (QED) is 0.337. The van der Waals surface area contributed by atoms with Gasteiger partial charge in [0.1, 0.15) is 5.60 Å². The third-order valence-corrected chi connectivity index (χ3v) is 7.40. The Morgan fingerprint density at radius 2 is 1.68 bits per heavy atom. The number of amides is 2. The van der Waals surface area contributed by atoms with Gasteiger partial charge in [-0.25, -0.2) is 4.79 Å². The highest BCUT2D eigenvalue weighted by atomic mass is 35.5. The van der Waals surface area contributed by atoms with Crippen molar-refractivity contribution in [3.63, 3.8) is 0 Å². The summed E-state index contributed by atoms with van der Waals surface area (Å²) >= 11 is 7.14. The average Bonchev–Trinajstić information content (AvgIpc) is 3.47. The summed E-state index contributed by atoms with van der Waals surface area (Å²) in [6.45, 7) is 11.5. The Labute approximate surface area is 232 Å². The molecule has 1 aliphatic rings. The molecule has 1 aliphatic heterocycles. The average molecular weight is 554 g/mol. The summed E-state index contributed by atoms with van der Waals surface area (Å²) in [5.74, 6) is -1.07. The second-order valence-corrected chi connectivity index (χ2v) is 12.3. The number of nitrogens with zero attached hydrogens (tertiary/aromatic N) is 1. The van der Waals surface area contributed by atoms with Gasteiger partial charge in [-0.15, -0.1) is 11.3 Å². The number of esters is 1. The molecule has 2 aromatic carbocycles. The van der Waals surface area contributed by atoms with Gasteiger partial charge in [0.05, 0.1) is 14.8 Å². The van der Waals surface area contributed by atoms with Gasteiger partial charge in [0.2, 0.25) is 0 Å². The maximum atomic E-state index is 13.3. The van der Waals surface area contributed by atoms with Crippen molar-refractivity contribution in [1.29, 1.82) is 0 Å². The van der Waals surface area contributed by atoms with Crippen LogP contribution >= 0.6 is 22.9 Å². The number of nitrogens with one attached hydrogen (secondary N) is 2. The first-order chi connectivity index (χ1) is 17.9. The molecule has 0 fully saturated rings. The first kappa shape index (κ1) is 27.8. The molecule has 0 saturated heterocycles. The summed E-state index contributed by atoms with van der Waals surface area (Å²) in [5, 5.41) is 5.81. The van der Waals surface area contributed by atoms with Crippen molar-refractivity contribution >= 4 is 46.4 Å². The SMILES string of the molecule is CC(C)N1Cc2ccc(C(=O)Nc3cc(C(=O)OC(C)(C)C)ccc3CNC(=O)c3ccc(Cl)s3)cc2C1. The molecule has 2 heterocycles. The van der Waals surface area contributed by atoms with E-state index in [1.165, 1.54) is 16.9 Å². The van der Waals surface area contributed by atoms with Crippen LogP contribution in [0.4, 0.5) is 5.69 Å². The number of carbonyl (C=O) groups is 3. The van der Waals surface area contributed by atoms with Gasteiger partial charge in [0.15, 0.2) is 0 Å². The number of hydrogen-bond donors (Lipinski definition) is 2. The predicted octanol–water partition coefficient (Wildman–Crippen LogP) is 6.26. The molecule has 3 aromatic rings. The fourth-order valence-corrected chi connectivity index (χ4v) is 5.09. The van der Waals surface area contributed by atoms with Crippen molar-refractivity contribution in [2.24, 2.45) is 0 Å². The molecule has 0 aliphatic carbocycles. The predicted molar refractivity (Wildman–Crippen MR) is 151 cm³/mol. The molecular weight excluding hydrogens is 522 g/mol. The fourth-order valence-electron chi connectivity index (χ4n) is 4.13. The Hall–Kier alpha value is -3.20. The van der Waals surface area contributed by atoms with Gasteiger partial charge in [-0.1, -0.05) is 23.7 Å². The van der Waals surface area contributed by atoms with Crippen LogP contribution in [0.5, 0.6) is 0 Å². The second-order valence-electron chi connectivity index (χ2n) is 10.6. The maximum Gasteiger partial charge on any atom is 0.338 e. The van der Waals surface area contributed by atoms with Gasteiger partial charge in [-0.05, 0) is 87.7 Å². The number of halogens is 1. The topological polar surface area (TPSA) is 87.7 Å². The number of thiophene rings is 1. The van der Waals surface area contributed by atoms with Crippen molar-refractivity contribution < 1.29 is 19.1 Å². The fraction of sp³-hybridized carbons (Fsp3) is 0.345. The van der Waals surface area contributed by atoms with E-state index in [9.17, 15) is 14.4 Å². The standard InChI is InChI=1S/C29H32ClN3O4S/c1-17(2)33-15-21-9-6-18(12-22(21)16-33)26(34)32-23-13-19(28(36)37-29(3,4)5)7-8-20(23)14-31-27(35)24-10-11-25(30)38-24/h6-13,17H,14-16H2,1-5H3,(H,31,35)(H,32,34). The summed E-state index contributed by atoms with van der Waals surface area (Å²) in [7, 11) is 0. The zero-order valence-corrected chi connectivity index (χ0v) is 23.8. The molecule has 7 nitrogen and oxygen atoms in total. The van der Waals surface area contributed by atoms with Gasteiger partial charge in [-0.2, -0.15) is 0 Å². The Bertz CT molecular complexity index is 1380. The number of fused-ring (bicyclic) bond motifs is 1. The van der Waals surface area contributed by atoms with Gasteiger partial charge < -0.3 is 15.4 Å². The Kier molecular flexibility index (Phi) is 8.25. The summed E-state index contributed by atoms with van der Waals surface area (Å²) in [5.41, 5.74) is 3.59. The highest BCUT2D eigenvalue weighted by molar-refractivity contribution is 7.18. The van der Waals surface area contributed by atoms with Crippen LogP contribution in [0.1, 0.15) is 81.7 Å². The van der Waals surface area contributed by atoms with Gasteiger partial charge in [0, 0.05) is 36.9 Å². The lowest BCUT2D eigenvalue weighted by Gasteiger charge is -2.20. The van der Waals surface area contributed by atoms with Crippen molar-refractivity contribution in [3.8, 4) is 0 Å². The molecule has 2 amide bonds. The van der Waals surface area contributed by atoms with E-state index in [4.69, 9.17) is 16.3 Å². The third-order valence-electron chi connectivity index (χ3n) is 6.17. The molecule has 0 bridgehead atoms. The summed E-state index contributed by atoms with van der Waals surface area (Å²) in [4.78, 5) is 41.4. The number of hydrogen-bond acceptors (Lipinski definition) is 6. The molecule has 0 saturated carbocycles. The van der Waals surface area contributed by atoms with Gasteiger partial charge >= 0.3 is 5.97 Å². The van der Waals surface area contributed by atoms with Crippen LogP contribution in [0.25, 0.3) is 0 Å². The molecule has 4 rings (SSSR count). The van der Waals surface area contributed by atoms with E-state index in [0.717, 1.165) is 18.7 Å². The first-order valence-electron chi connectivity index (χ1n) is 12.5. The lowest BCUT2D eigenvalue weighted by molar-refractivity contribution is 0.00692. The Morgan fingerprint density at radius 3 is 2.34 bits per heavy atom. The highest BCUT2D eigenvalue weighted by Crippen LogP contribution is 2.27. The Balaban J connectivity index is 1.57. The highest BCUT2D eigenvalue weighted by Gasteiger charge is 2.23. The number of carbonyl (C=O) groups excluding carboxylic acids is 3. The third kappa shape index (κ3) is 6.81. The van der Waals surface area contributed by atoms with Gasteiger partial charge in [0.25, 0.3) is 11.8 Å². The zero-order valence-electron chi connectivity index (χ0n) is 22.2. The molecule has 1 aromatic heterocycles. The molecule has 0 atom stereocenters. The summed E-state index contributed by atoms with van der Waals surface area (Å²) in [6, 6.07) is 14.4. The van der Waals surface area contributed by atoms with E-state index in [1.807, 2.05) is 18.2 Å². The van der Waals surface area contributed by atoms with E-state index >= 15 is 0 Å². The molecule has 0 spiro atoms. The van der Waals surface area contributed by atoms with Crippen LogP contribution in [0.3, 0.4) is 0 Å². The first-order valence-corrected chi connectivity index (χ1v) is 13.7. The lowest BCUT2D eigenvalue weighted by Crippen LogP contribution is -2.25. The van der Waals surface area contributed by atoms with E-state index in [2.05, 4.69) is 29.4 Å². The van der Waals surface area contributed by atoms with Crippen molar-refractivity contribution in [3.05, 3.63) is 85.6 Å². The van der Waals surface area contributed by atoms with E-state index < -0.39 is 11.6 Å². The molecule has 9 heteroatoms. The molecule has 200 valence electrons. The minimum atomic E-state index is -0.663.